The van der Waals surface area contributed by atoms with Crippen molar-refractivity contribution in [2.45, 2.75) is 13.8 Å². The van der Waals surface area contributed by atoms with E-state index >= 15 is 0 Å². The quantitative estimate of drug-likeness (QED) is 0.189. The predicted molar refractivity (Wildman–Crippen MR) is 190 cm³/mol. The molecule has 0 saturated carbocycles. The first-order valence-electron chi connectivity index (χ1n) is 15.3. The van der Waals surface area contributed by atoms with Crippen LogP contribution >= 0.6 is 0 Å². The van der Waals surface area contributed by atoms with E-state index in [0.29, 0.717) is 0 Å². The summed E-state index contributed by atoms with van der Waals surface area (Å²) in [6, 6.07) is 49.1. The molecule has 1 aliphatic heterocycles. The van der Waals surface area contributed by atoms with Crippen molar-refractivity contribution in [1.82, 2.24) is 0 Å². The van der Waals surface area contributed by atoms with Crippen molar-refractivity contribution in [2.24, 2.45) is 0 Å². The fourth-order valence-corrected chi connectivity index (χ4v) is 6.83. The van der Waals surface area contributed by atoms with E-state index in [1.54, 1.807) is 0 Å². The lowest BCUT2D eigenvalue weighted by molar-refractivity contribution is 1.33. The molecule has 1 heteroatoms. The van der Waals surface area contributed by atoms with Crippen molar-refractivity contribution in [3.8, 4) is 33.4 Å². The van der Waals surface area contributed by atoms with Crippen LogP contribution in [0.15, 0.2) is 151 Å². The Hall–Kier alpha value is -5.40. The van der Waals surface area contributed by atoms with Gasteiger partial charge in [0.25, 0.3) is 0 Å². The standard InChI is InChI=1S/C43H32N/c1-28-17-19-30(20-18-28)33-13-7-15-35-34(33)14-8-16-36(35)43-39-11-5-3-9-37(39)42(38-10-4-6-12-40(38)43)32-23-21-31(22-24-32)41-27-29(2)25-26-44-41/h3-25,27H,26H2,1-2H3/q-1. The van der Waals surface area contributed by atoms with E-state index in [-0.39, 0.29) is 0 Å². The van der Waals surface area contributed by atoms with E-state index in [4.69, 9.17) is 5.32 Å². The largest absolute Gasteiger partial charge is 0.681 e. The molecule has 210 valence electrons. The molecule has 0 spiro atoms. The summed E-state index contributed by atoms with van der Waals surface area (Å²) < 4.78 is 0. The lowest BCUT2D eigenvalue weighted by atomic mass is 9.84. The van der Waals surface area contributed by atoms with Crippen LogP contribution in [0.5, 0.6) is 0 Å². The van der Waals surface area contributed by atoms with Gasteiger partial charge in [0.2, 0.25) is 0 Å². The molecule has 1 nitrogen and oxygen atoms in total. The van der Waals surface area contributed by atoms with E-state index in [0.717, 1.165) is 17.8 Å². The van der Waals surface area contributed by atoms with Gasteiger partial charge in [0.15, 0.2) is 0 Å². The summed E-state index contributed by atoms with van der Waals surface area (Å²) in [6.07, 6.45) is 4.34. The molecule has 0 N–H and O–H groups in total. The number of rotatable bonds is 4. The lowest BCUT2D eigenvalue weighted by Gasteiger charge is -2.28. The summed E-state index contributed by atoms with van der Waals surface area (Å²) in [7, 11) is 0. The minimum absolute atomic E-state index is 0.747. The maximum absolute atomic E-state index is 4.74. The minimum Gasteiger partial charge on any atom is -0.681 e. The second-order valence-corrected chi connectivity index (χ2v) is 11.8. The Bertz CT molecular complexity index is 2210. The summed E-state index contributed by atoms with van der Waals surface area (Å²) in [4.78, 5) is 0. The van der Waals surface area contributed by atoms with Crippen molar-refractivity contribution in [3.63, 3.8) is 0 Å². The summed E-state index contributed by atoms with van der Waals surface area (Å²) in [5.41, 5.74) is 12.3. The van der Waals surface area contributed by atoms with E-state index < -0.39 is 0 Å². The zero-order valence-corrected chi connectivity index (χ0v) is 25.0. The Balaban J connectivity index is 1.37. The number of benzene rings is 7. The van der Waals surface area contributed by atoms with Crippen molar-refractivity contribution in [3.05, 3.63) is 168 Å². The molecule has 0 fully saturated rings. The molecule has 0 radical (unpaired) electrons. The Morgan fingerprint density at radius 2 is 0.932 bits per heavy atom. The number of hydrogen-bond donors (Lipinski definition) is 0. The molecule has 7 aromatic carbocycles. The van der Waals surface area contributed by atoms with Gasteiger partial charge in [-0.25, -0.2) is 0 Å². The van der Waals surface area contributed by atoms with Gasteiger partial charge in [-0.3, -0.25) is 0 Å². The summed E-state index contributed by atoms with van der Waals surface area (Å²) in [5.74, 6) is 0. The van der Waals surface area contributed by atoms with Gasteiger partial charge >= 0.3 is 0 Å². The van der Waals surface area contributed by atoms with Gasteiger partial charge < -0.3 is 5.32 Å². The average Bonchev–Trinajstić information content (AvgIpc) is 3.07. The average molecular weight is 563 g/mol. The molecule has 44 heavy (non-hydrogen) atoms. The van der Waals surface area contributed by atoms with Crippen molar-refractivity contribution in [1.29, 1.82) is 0 Å². The first-order valence-corrected chi connectivity index (χ1v) is 15.3. The zero-order chi connectivity index (χ0) is 29.6. The number of allylic oxidation sites excluding steroid dienone is 2. The van der Waals surface area contributed by atoms with Crippen LogP contribution in [0, 0.1) is 6.92 Å². The van der Waals surface area contributed by atoms with Crippen LogP contribution in [-0.2, 0) is 0 Å². The molecule has 0 amide bonds. The normalized spacial score (nSPS) is 13.1. The maximum atomic E-state index is 4.74. The third kappa shape index (κ3) is 4.41. The summed E-state index contributed by atoms with van der Waals surface area (Å²) >= 11 is 0. The highest BCUT2D eigenvalue weighted by Crippen LogP contribution is 2.46. The Morgan fingerprint density at radius 3 is 1.55 bits per heavy atom. The number of fused-ring (bicyclic) bond motifs is 3. The lowest BCUT2D eigenvalue weighted by Crippen LogP contribution is -1.94. The fourth-order valence-electron chi connectivity index (χ4n) is 6.83. The zero-order valence-electron chi connectivity index (χ0n) is 25.0. The predicted octanol–water partition coefficient (Wildman–Crippen LogP) is 12.1. The van der Waals surface area contributed by atoms with Crippen LogP contribution in [0.4, 0.5) is 0 Å². The number of nitrogens with zero attached hydrogens (tertiary/aromatic N) is 1. The molecule has 1 aliphatic rings. The topological polar surface area (TPSA) is 14.1 Å². The molecule has 1 heterocycles. The molecule has 8 rings (SSSR count). The van der Waals surface area contributed by atoms with Crippen molar-refractivity contribution >= 4 is 38.0 Å². The van der Waals surface area contributed by atoms with Crippen LogP contribution < -0.4 is 0 Å². The van der Waals surface area contributed by atoms with Gasteiger partial charge in [0, 0.05) is 0 Å². The van der Waals surface area contributed by atoms with Crippen LogP contribution in [-0.4, -0.2) is 6.54 Å². The molecule has 0 atom stereocenters. The smallest absolute Gasteiger partial charge is 0.00201 e. The van der Waals surface area contributed by atoms with E-state index in [9.17, 15) is 0 Å². The van der Waals surface area contributed by atoms with Crippen LogP contribution in [0.3, 0.4) is 0 Å². The molecular formula is C43H32N-. The van der Waals surface area contributed by atoms with Crippen LogP contribution in [0.2, 0.25) is 0 Å². The van der Waals surface area contributed by atoms with Crippen molar-refractivity contribution < 1.29 is 0 Å². The third-order valence-electron chi connectivity index (χ3n) is 8.99. The van der Waals surface area contributed by atoms with Gasteiger partial charge in [-0.2, -0.15) is 0 Å². The van der Waals surface area contributed by atoms with E-state index in [1.807, 2.05) is 0 Å². The van der Waals surface area contributed by atoms with E-state index in [2.05, 4.69) is 159 Å². The molecule has 0 bridgehead atoms. The Labute approximate surface area is 258 Å². The highest BCUT2D eigenvalue weighted by atomic mass is 14.9. The third-order valence-corrected chi connectivity index (χ3v) is 8.99. The van der Waals surface area contributed by atoms with Gasteiger partial charge in [-0.15, -0.1) is 12.2 Å². The Kier molecular flexibility index (Phi) is 6.38. The van der Waals surface area contributed by atoms with Crippen LogP contribution in [0.1, 0.15) is 18.1 Å². The molecule has 0 aromatic heterocycles. The minimum atomic E-state index is 0.747. The van der Waals surface area contributed by atoms with Gasteiger partial charge in [0.1, 0.15) is 0 Å². The highest BCUT2D eigenvalue weighted by molar-refractivity contribution is 6.24. The van der Waals surface area contributed by atoms with Crippen molar-refractivity contribution in [2.75, 3.05) is 6.54 Å². The number of aryl methyl sites for hydroxylation is 1. The van der Waals surface area contributed by atoms with Gasteiger partial charge in [-0.05, 0) is 85.1 Å². The Morgan fingerprint density at radius 1 is 0.432 bits per heavy atom. The second kappa shape index (κ2) is 10.7. The first-order chi connectivity index (χ1) is 21.7. The number of hydrogen-bond acceptors (Lipinski definition) is 0. The van der Waals surface area contributed by atoms with E-state index in [1.165, 1.54) is 76.8 Å². The SMILES string of the molecule is CC1=CC[N-]C(c2ccc(-c3c4ccccc4c(-c4cccc5c(-c6ccc(C)cc6)cccc45)c4ccccc34)cc2)=C1. The second-order valence-electron chi connectivity index (χ2n) is 11.8. The maximum Gasteiger partial charge on any atom is -0.00201 e. The molecule has 0 unspecified atom stereocenters. The summed E-state index contributed by atoms with van der Waals surface area (Å²) in [5, 5.41) is 12.3. The summed E-state index contributed by atoms with van der Waals surface area (Å²) in [6.45, 7) is 5.03. The van der Waals surface area contributed by atoms with Gasteiger partial charge in [-0.1, -0.05) is 157 Å². The fraction of sp³-hybridized carbons (Fsp3) is 0.0698. The monoisotopic (exact) mass is 562 g/mol. The molecule has 0 saturated heterocycles. The first kappa shape index (κ1) is 26.2. The molecule has 7 aromatic rings. The highest BCUT2D eigenvalue weighted by Gasteiger charge is 2.18. The molecule has 0 aliphatic carbocycles. The van der Waals surface area contributed by atoms with Gasteiger partial charge in [0.05, 0.1) is 0 Å². The van der Waals surface area contributed by atoms with Crippen LogP contribution in [0.25, 0.3) is 76.7 Å². The molecular weight excluding hydrogens is 530 g/mol.